The molecule has 1 unspecified atom stereocenters. The van der Waals surface area contributed by atoms with Crippen LogP contribution in [-0.2, 0) is 27.4 Å². The molecule has 3 aromatic carbocycles. The lowest BCUT2D eigenvalue weighted by Crippen LogP contribution is -2.31. The van der Waals surface area contributed by atoms with E-state index in [1.165, 1.54) is 4.90 Å². The summed E-state index contributed by atoms with van der Waals surface area (Å²) in [5.74, 6) is -0.787. The molecule has 1 amide bonds. The van der Waals surface area contributed by atoms with Gasteiger partial charge in [0.1, 0.15) is 18.1 Å². The number of amides is 1. The van der Waals surface area contributed by atoms with Crippen molar-refractivity contribution in [2.24, 2.45) is 0 Å². The number of ketones is 1. The molecule has 1 saturated heterocycles. The predicted octanol–water partition coefficient (Wildman–Crippen LogP) is 5.59. The number of aliphatic hydroxyl groups excluding tert-OH is 1. The van der Waals surface area contributed by atoms with E-state index in [4.69, 9.17) is 9.47 Å². The second-order valence-corrected chi connectivity index (χ2v) is 9.19. The molecule has 0 spiro atoms. The molecular formula is C31H33NO5. The number of nitrogens with zero attached hydrogens (tertiary/aromatic N) is 1. The molecule has 192 valence electrons. The fourth-order valence-electron chi connectivity index (χ4n) is 4.62. The van der Waals surface area contributed by atoms with Gasteiger partial charge in [-0.15, -0.1) is 0 Å². The number of hydrogen-bond acceptors (Lipinski definition) is 5. The van der Waals surface area contributed by atoms with Crippen molar-refractivity contribution in [2.45, 2.75) is 39.3 Å². The van der Waals surface area contributed by atoms with Crippen molar-refractivity contribution in [2.75, 3.05) is 20.3 Å². The third kappa shape index (κ3) is 5.75. The summed E-state index contributed by atoms with van der Waals surface area (Å²) in [7, 11) is 1.60. The van der Waals surface area contributed by atoms with Crippen LogP contribution in [0, 0.1) is 6.92 Å². The largest absolute Gasteiger partial charge is 0.507 e. The quantitative estimate of drug-likeness (QED) is 0.170. The topological polar surface area (TPSA) is 76.1 Å². The first-order valence-electron chi connectivity index (χ1n) is 12.6. The molecule has 1 atom stereocenters. The highest BCUT2D eigenvalue weighted by atomic mass is 16.5. The molecule has 0 bridgehead atoms. The van der Waals surface area contributed by atoms with Crippen LogP contribution < -0.4 is 4.74 Å². The summed E-state index contributed by atoms with van der Waals surface area (Å²) in [6.07, 6.45) is 1.46. The van der Waals surface area contributed by atoms with Gasteiger partial charge in [-0.25, -0.2) is 0 Å². The number of aliphatic hydroxyl groups is 1. The monoisotopic (exact) mass is 499 g/mol. The van der Waals surface area contributed by atoms with E-state index in [0.29, 0.717) is 37.5 Å². The van der Waals surface area contributed by atoms with Crippen molar-refractivity contribution < 1.29 is 24.2 Å². The molecule has 0 aromatic heterocycles. The summed E-state index contributed by atoms with van der Waals surface area (Å²) >= 11 is 0. The van der Waals surface area contributed by atoms with Crippen molar-refractivity contribution in [3.63, 3.8) is 0 Å². The van der Waals surface area contributed by atoms with Crippen molar-refractivity contribution >= 4 is 17.4 Å². The van der Waals surface area contributed by atoms with Crippen LogP contribution in [0.15, 0.2) is 78.4 Å². The highest BCUT2D eigenvalue weighted by Gasteiger charge is 2.45. The van der Waals surface area contributed by atoms with Crippen LogP contribution in [0.25, 0.3) is 5.76 Å². The number of benzene rings is 3. The van der Waals surface area contributed by atoms with Gasteiger partial charge < -0.3 is 19.5 Å². The maximum Gasteiger partial charge on any atom is 0.295 e. The number of Topliss-reactive ketones (excluding diaryl/α,β-unsaturated/α-hetero) is 1. The van der Waals surface area contributed by atoms with Gasteiger partial charge in [0.15, 0.2) is 0 Å². The number of carbonyl (C=O) groups is 2. The highest BCUT2D eigenvalue weighted by Crippen LogP contribution is 2.40. The van der Waals surface area contributed by atoms with E-state index in [0.717, 1.165) is 28.7 Å². The van der Waals surface area contributed by atoms with E-state index in [1.54, 1.807) is 25.3 Å². The second-order valence-electron chi connectivity index (χ2n) is 9.19. The minimum absolute atomic E-state index is 0.101. The third-order valence-electron chi connectivity index (χ3n) is 6.68. The van der Waals surface area contributed by atoms with Crippen molar-refractivity contribution in [3.05, 3.63) is 106 Å². The first kappa shape index (κ1) is 26.2. The van der Waals surface area contributed by atoms with Crippen molar-refractivity contribution in [1.82, 2.24) is 4.90 Å². The Hall–Kier alpha value is -3.90. The van der Waals surface area contributed by atoms with Gasteiger partial charge in [0.2, 0.25) is 0 Å². The van der Waals surface area contributed by atoms with Gasteiger partial charge in [0.25, 0.3) is 11.7 Å². The summed E-state index contributed by atoms with van der Waals surface area (Å²) in [5.41, 5.74) is 4.38. The molecule has 6 nitrogen and oxygen atoms in total. The Labute approximate surface area is 218 Å². The Kier molecular flexibility index (Phi) is 8.41. The minimum Gasteiger partial charge on any atom is -0.507 e. The lowest BCUT2D eigenvalue weighted by Gasteiger charge is -2.25. The van der Waals surface area contributed by atoms with Gasteiger partial charge in [-0.3, -0.25) is 9.59 Å². The molecule has 1 aliphatic rings. The van der Waals surface area contributed by atoms with E-state index in [1.807, 2.05) is 61.5 Å². The first-order chi connectivity index (χ1) is 17.9. The summed E-state index contributed by atoms with van der Waals surface area (Å²) in [6.45, 7) is 5.20. The van der Waals surface area contributed by atoms with E-state index in [-0.39, 0.29) is 11.3 Å². The van der Waals surface area contributed by atoms with Crippen LogP contribution in [-0.4, -0.2) is 42.0 Å². The van der Waals surface area contributed by atoms with Crippen LogP contribution in [0.3, 0.4) is 0 Å². The second kappa shape index (κ2) is 11.9. The molecule has 1 fully saturated rings. The molecule has 0 saturated carbocycles. The smallest absolute Gasteiger partial charge is 0.295 e. The average molecular weight is 500 g/mol. The van der Waals surface area contributed by atoms with Crippen molar-refractivity contribution in [3.8, 4) is 5.75 Å². The Balaban J connectivity index is 1.68. The van der Waals surface area contributed by atoms with Gasteiger partial charge in [-0.05, 0) is 60.2 Å². The lowest BCUT2D eigenvalue weighted by molar-refractivity contribution is -0.140. The number of hydrogen-bond donors (Lipinski definition) is 1. The number of likely N-dealkylation sites (tertiary alicyclic amines) is 1. The molecular weight excluding hydrogens is 466 g/mol. The zero-order valence-electron chi connectivity index (χ0n) is 21.6. The van der Waals surface area contributed by atoms with E-state index in [2.05, 4.69) is 6.92 Å². The Morgan fingerprint density at radius 2 is 1.70 bits per heavy atom. The summed E-state index contributed by atoms with van der Waals surface area (Å²) in [6, 6.07) is 22.3. The fourth-order valence-corrected chi connectivity index (χ4v) is 4.62. The standard InChI is InChI=1S/C31H33NO5/c1-4-22-11-13-24(14-12-22)28-27(30(34)31(35)32(28)17-8-18-36-3)29(33)25-15-16-26(21(2)19-25)37-20-23-9-6-5-7-10-23/h5-7,9-16,19,28,33H,4,8,17-18,20H2,1-3H3/b29-27-. The summed E-state index contributed by atoms with van der Waals surface area (Å²) in [4.78, 5) is 27.8. The van der Waals surface area contributed by atoms with Gasteiger partial charge >= 0.3 is 0 Å². The molecule has 4 rings (SSSR count). The molecule has 1 N–H and O–H groups in total. The molecule has 1 heterocycles. The molecule has 6 heteroatoms. The average Bonchev–Trinajstić information content (AvgIpc) is 3.17. The van der Waals surface area contributed by atoms with Crippen LogP contribution >= 0.6 is 0 Å². The summed E-state index contributed by atoms with van der Waals surface area (Å²) < 4.78 is 11.1. The van der Waals surface area contributed by atoms with E-state index in [9.17, 15) is 14.7 Å². The molecule has 3 aromatic rings. The maximum atomic E-state index is 13.2. The van der Waals surface area contributed by atoms with Crippen LogP contribution in [0.4, 0.5) is 0 Å². The molecule has 1 aliphatic heterocycles. The van der Waals surface area contributed by atoms with E-state index < -0.39 is 17.7 Å². The van der Waals surface area contributed by atoms with Crippen molar-refractivity contribution in [1.29, 1.82) is 0 Å². The maximum absolute atomic E-state index is 13.2. The van der Waals surface area contributed by atoms with Crippen LogP contribution in [0.2, 0.25) is 0 Å². The number of aryl methyl sites for hydroxylation is 2. The van der Waals surface area contributed by atoms with Gasteiger partial charge in [-0.1, -0.05) is 61.5 Å². The SMILES string of the molecule is CCc1ccc(C2/C(=C(/O)c3ccc(OCc4ccccc4)c(C)c3)C(=O)C(=O)N2CCCOC)cc1. The van der Waals surface area contributed by atoms with Gasteiger partial charge in [0, 0.05) is 25.8 Å². The molecule has 0 aliphatic carbocycles. The normalized spacial score (nSPS) is 16.8. The predicted molar refractivity (Wildman–Crippen MR) is 143 cm³/mol. The van der Waals surface area contributed by atoms with Crippen LogP contribution in [0.1, 0.15) is 47.2 Å². The number of methoxy groups -OCH3 is 1. The van der Waals surface area contributed by atoms with Gasteiger partial charge in [-0.2, -0.15) is 0 Å². The Bertz CT molecular complexity index is 1280. The Morgan fingerprint density at radius 3 is 2.35 bits per heavy atom. The number of ether oxygens (including phenoxy) is 2. The zero-order chi connectivity index (χ0) is 26.4. The highest BCUT2D eigenvalue weighted by molar-refractivity contribution is 6.46. The Morgan fingerprint density at radius 1 is 0.973 bits per heavy atom. The first-order valence-corrected chi connectivity index (χ1v) is 12.6. The molecule has 37 heavy (non-hydrogen) atoms. The number of rotatable bonds is 10. The van der Waals surface area contributed by atoms with Crippen LogP contribution in [0.5, 0.6) is 5.75 Å². The molecule has 0 radical (unpaired) electrons. The number of carbonyl (C=O) groups excluding carboxylic acids is 2. The zero-order valence-corrected chi connectivity index (χ0v) is 21.6. The third-order valence-corrected chi connectivity index (χ3v) is 6.68. The fraction of sp³-hybridized carbons (Fsp3) is 0.290. The summed E-state index contributed by atoms with van der Waals surface area (Å²) in [5, 5.41) is 11.4. The van der Waals surface area contributed by atoms with Gasteiger partial charge in [0.05, 0.1) is 11.6 Å². The minimum atomic E-state index is -0.679. The lowest BCUT2D eigenvalue weighted by atomic mass is 9.94. The van der Waals surface area contributed by atoms with E-state index >= 15 is 0 Å².